The van der Waals surface area contributed by atoms with Crippen molar-refractivity contribution < 1.29 is 17.6 Å². The quantitative estimate of drug-likeness (QED) is 0.515. The third-order valence-electron chi connectivity index (χ3n) is 3.49. The van der Waals surface area contributed by atoms with E-state index in [0.29, 0.717) is 18.5 Å². The Morgan fingerprint density at radius 2 is 1.69 bits per heavy atom. The highest BCUT2D eigenvalue weighted by atomic mass is 19.2. The van der Waals surface area contributed by atoms with E-state index in [2.05, 4.69) is 25.8 Å². The first kappa shape index (κ1) is 17.6. The molecule has 1 aromatic heterocycles. The Balaban J connectivity index is 1.65. The van der Waals surface area contributed by atoms with Crippen molar-refractivity contribution in [1.29, 1.82) is 0 Å². The van der Waals surface area contributed by atoms with Gasteiger partial charge >= 0.3 is 0 Å². The van der Waals surface area contributed by atoms with Gasteiger partial charge in [-0.2, -0.15) is 10.1 Å². The summed E-state index contributed by atoms with van der Waals surface area (Å²) in [6.45, 7) is 0.339. The fourth-order valence-corrected chi connectivity index (χ4v) is 2.21. The molecule has 0 saturated carbocycles. The van der Waals surface area contributed by atoms with Gasteiger partial charge in [-0.15, -0.1) is 5.10 Å². The zero-order valence-electron chi connectivity index (χ0n) is 13.3. The van der Waals surface area contributed by atoms with Crippen LogP contribution in [0, 0.1) is 23.3 Å². The van der Waals surface area contributed by atoms with Gasteiger partial charge < -0.3 is 10.6 Å². The highest BCUT2D eigenvalue weighted by molar-refractivity contribution is 5.57. The number of hydrogen-bond donors (Lipinski definition) is 2. The molecule has 0 bridgehead atoms. The summed E-state index contributed by atoms with van der Waals surface area (Å²) in [7, 11) is 0. The number of rotatable bonds is 6. The van der Waals surface area contributed by atoms with Gasteiger partial charge in [0, 0.05) is 6.54 Å². The van der Waals surface area contributed by atoms with Gasteiger partial charge in [0.25, 0.3) is 0 Å². The van der Waals surface area contributed by atoms with Crippen molar-refractivity contribution in [2.45, 2.75) is 6.42 Å². The van der Waals surface area contributed by atoms with E-state index < -0.39 is 17.5 Å². The molecule has 0 aliphatic carbocycles. The molecule has 0 aliphatic heterocycles. The molecule has 0 aliphatic rings. The molecule has 0 radical (unpaired) electrons. The lowest BCUT2D eigenvalue weighted by Crippen LogP contribution is -2.10. The zero-order valence-corrected chi connectivity index (χ0v) is 13.3. The lowest BCUT2D eigenvalue weighted by Gasteiger charge is -2.09. The van der Waals surface area contributed by atoms with Crippen LogP contribution in [0.1, 0.15) is 5.56 Å². The van der Waals surface area contributed by atoms with Gasteiger partial charge in [-0.05, 0) is 30.2 Å². The van der Waals surface area contributed by atoms with Gasteiger partial charge in [0.2, 0.25) is 5.95 Å². The summed E-state index contributed by atoms with van der Waals surface area (Å²) in [5, 5.41) is 12.8. The van der Waals surface area contributed by atoms with Crippen molar-refractivity contribution >= 4 is 17.5 Å². The fourth-order valence-electron chi connectivity index (χ4n) is 2.21. The van der Waals surface area contributed by atoms with Crippen molar-refractivity contribution in [3.05, 3.63) is 71.4 Å². The van der Waals surface area contributed by atoms with Crippen LogP contribution in [-0.4, -0.2) is 21.7 Å². The molecule has 0 fully saturated rings. The number of aromatic nitrogens is 3. The second-order valence-electron chi connectivity index (χ2n) is 5.28. The van der Waals surface area contributed by atoms with Gasteiger partial charge in [-0.25, -0.2) is 17.6 Å². The molecule has 0 spiro atoms. The number of anilines is 3. The number of halogens is 4. The molecule has 3 aromatic rings. The maximum atomic E-state index is 13.7. The van der Waals surface area contributed by atoms with Crippen LogP contribution in [-0.2, 0) is 6.42 Å². The van der Waals surface area contributed by atoms with Gasteiger partial charge in [0.1, 0.15) is 5.82 Å². The molecule has 5 nitrogen and oxygen atoms in total. The average molecular weight is 363 g/mol. The van der Waals surface area contributed by atoms with Crippen molar-refractivity contribution in [3.63, 3.8) is 0 Å². The average Bonchev–Trinajstić information content (AvgIpc) is 2.64. The second kappa shape index (κ2) is 7.77. The van der Waals surface area contributed by atoms with E-state index in [0.717, 1.165) is 12.1 Å². The van der Waals surface area contributed by atoms with E-state index in [1.165, 1.54) is 12.3 Å². The molecule has 0 atom stereocenters. The fraction of sp³-hybridized carbons (Fsp3) is 0.118. The Kier molecular flexibility index (Phi) is 5.26. The first-order valence-electron chi connectivity index (χ1n) is 7.62. The third-order valence-corrected chi connectivity index (χ3v) is 3.49. The standard InChI is InChI=1S/C17H13F4N5/c18-11-4-2-1-3-10(11)7-8-22-17-25-14(9-23-26-17)24-13-6-5-12(19)15(20)16(13)21/h1-6,9H,7-8H2,(H2,22,24,25,26). The predicted molar refractivity (Wildman–Crippen MR) is 88.0 cm³/mol. The minimum atomic E-state index is -1.58. The maximum absolute atomic E-state index is 13.7. The first-order chi connectivity index (χ1) is 12.5. The second-order valence-corrected chi connectivity index (χ2v) is 5.28. The predicted octanol–water partition coefficient (Wildman–Crippen LogP) is 3.83. The van der Waals surface area contributed by atoms with Crippen LogP contribution in [0.15, 0.2) is 42.6 Å². The molecule has 3 rings (SSSR count). The van der Waals surface area contributed by atoms with Crippen LogP contribution in [0.3, 0.4) is 0 Å². The topological polar surface area (TPSA) is 62.7 Å². The Morgan fingerprint density at radius 3 is 2.50 bits per heavy atom. The number of hydrogen-bond acceptors (Lipinski definition) is 5. The van der Waals surface area contributed by atoms with Crippen LogP contribution in [0.2, 0.25) is 0 Å². The smallest absolute Gasteiger partial charge is 0.244 e. The summed E-state index contributed by atoms with van der Waals surface area (Å²) in [6, 6.07) is 8.21. The van der Waals surface area contributed by atoms with E-state index >= 15 is 0 Å². The summed E-state index contributed by atoms with van der Waals surface area (Å²) >= 11 is 0. The van der Waals surface area contributed by atoms with Crippen LogP contribution >= 0.6 is 0 Å². The SMILES string of the molecule is Fc1ccccc1CCNc1nncc(Nc2ccc(F)c(F)c2F)n1. The lowest BCUT2D eigenvalue weighted by atomic mass is 10.1. The summed E-state index contributed by atoms with van der Waals surface area (Å²) in [6.07, 6.45) is 1.59. The zero-order chi connectivity index (χ0) is 18.5. The van der Waals surface area contributed by atoms with E-state index in [-0.39, 0.29) is 23.3 Å². The van der Waals surface area contributed by atoms with Crippen LogP contribution in [0.4, 0.5) is 35.0 Å². The van der Waals surface area contributed by atoms with E-state index in [4.69, 9.17) is 0 Å². The molecular formula is C17H13F4N5. The Bertz CT molecular complexity index is 919. The van der Waals surface area contributed by atoms with Crippen LogP contribution < -0.4 is 10.6 Å². The van der Waals surface area contributed by atoms with Crippen molar-refractivity contribution in [2.75, 3.05) is 17.2 Å². The highest BCUT2D eigenvalue weighted by Crippen LogP contribution is 2.22. The molecule has 0 unspecified atom stereocenters. The Morgan fingerprint density at radius 1 is 0.885 bits per heavy atom. The molecule has 134 valence electrons. The number of nitrogens with zero attached hydrogens (tertiary/aromatic N) is 3. The minimum absolute atomic E-state index is 0.0818. The number of benzene rings is 2. The molecule has 2 N–H and O–H groups in total. The lowest BCUT2D eigenvalue weighted by molar-refractivity contribution is 0.449. The Hall–Kier alpha value is -3.23. The molecular weight excluding hydrogens is 350 g/mol. The van der Waals surface area contributed by atoms with E-state index in [1.54, 1.807) is 18.2 Å². The van der Waals surface area contributed by atoms with Gasteiger partial charge in [0.05, 0.1) is 11.9 Å². The highest BCUT2D eigenvalue weighted by Gasteiger charge is 2.14. The molecule has 2 aromatic carbocycles. The van der Waals surface area contributed by atoms with Gasteiger partial charge in [-0.1, -0.05) is 18.2 Å². The largest absolute Gasteiger partial charge is 0.353 e. The first-order valence-corrected chi connectivity index (χ1v) is 7.62. The van der Waals surface area contributed by atoms with Gasteiger partial charge in [-0.3, -0.25) is 0 Å². The third kappa shape index (κ3) is 4.05. The van der Waals surface area contributed by atoms with Gasteiger partial charge in [0.15, 0.2) is 23.3 Å². The van der Waals surface area contributed by atoms with E-state index in [9.17, 15) is 17.6 Å². The van der Waals surface area contributed by atoms with E-state index in [1.807, 2.05) is 0 Å². The molecule has 26 heavy (non-hydrogen) atoms. The van der Waals surface area contributed by atoms with Crippen molar-refractivity contribution in [1.82, 2.24) is 15.2 Å². The summed E-state index contributed by atoms with van der Waals surface area (Å²) in [4.78, 5) is 4.04. The molecule has 0 saturated heterocycles. The van der Waals surface area contributed by atoms with Crippen LogP contribution in [0.5, 0.6) is 0 Å². The molecule has 1 heterocycles. The monoisotopic (exact) mass is 363 g/mol. The summed E-state index contributed by atoms with van der Waals surface area (Å²) in [5.74, 6) is -4.34. The Labute approximate surface area is 146 Å². The van der Waals surface area contributed by atoms with Crippen molar-refractivity contribution in [2.24, 2.45) is 0 Å². The minimum Gasteiger partial charge on any atom is -0.353 e. The van der Waals surface area contributed by atoms with Crippen LogP contribution in [0.25, 0.3) is 0 Å². The normalized spacial score (nSPS) is 10.6. The summed E-state index contributed by atoms with van der Waals surface area (Å²) in [5.41, 5.74) is 0.243. The van der Waals surface area contributed by atoms with Crippen molar-refractivity contribution in [3.8, 4) is 0 Å². The maximum Gasteiger partial charge on any atom is 0.244 e. The number of nitrogens with one attached hydrogen (secondary N) is 2. The molecule has 9 heteroatoms. The molecule has 0 amide bonds. The summed E-state index contributed by atoms with van der Waals surface area (Å²) < 4.78 is 53.4.